The molecule has 2 rings (SSSR count). The summed E-state index contributed by atoms with van der Waals surface area (Å²) in [5.41, 5.74) is 2.05. The fourth-order valence-electron chi connectivity index (χ4n) is 1.91. The van der Waals surface area contributed by atoms with Crippen LogP contribution in [0.5, 0.6) is 0 Å². The topological polar surface area (TPSA) is 54.0 Å². The summed E-state index contributed by atoms with van der Waals surface area (Å²) in [7, 11) is 0. The zero-order chi connectivity index (χ0) is 11.4. The first kappa shape index (κ1) is 11.1. The Labute approximate surface area is 95.5 Å². The molecule has 4 nitrogen and oxygen atoms in total. The van der Waals surface area contributed by atoms with Gasteiger partial charge in [0.1, 0.15) is 0 Å². The first-order valence-electron chi connectivity index (χ1n) is 5.69. The van der Waals surface area contributed by atoms with Crippen LogP contribution in [0.2, 0.25) is 0 Å². The van der Waals surface area contributed by atoms with Gasteiger partial charge in [-0.05, 0) is 37.9 Å². The Kier molecular flexibility index (Phi) is 3.51. The lowest BCUT2D eigenvalue weighted by Gasteiger charge is -2.11. The van der Waals surface area contributed by atoms with Crippen LogP contribution in [0.3, 0.4) is 0 Å². The monoisotopic (exact) mass is 219 g/mol. The molecule has 4 heteroatoms. The summed E-state index contributed by atoms with van der Waals surface area (Å²) in [5, 5.41) is 6.09. The Hall–Kier alpha value is -1.42. The van der Waals surface area contributed by atoms with Crippen LogP contribution < -0.4 is 10.6 Å². The number of pyridine rings is 1. The van der Waals surface area contributed by atoms with E-state index in [1.807, 2.05) is 19.1 Å². The molecule has 1 aromatic rings. The molecule has 0 radical (unpaired) electrons. The Balaban J connectivity index is 1.87. The molecule has 1 aliphatic heterocycles. The van der Waals surface area contributed by atoms with E-state index < -0.39 is 0 Å². The second kappa shape index (κ2) is 5.07. The van der Waals surface area contributed by atoms with E-state index in [0.717, 1.165) is 30.6 Å². The zero-order valence-corrected chi connectivity index (χ0v) is 9.49. The van der Waals surface area contributed by atoms with Crippen molar-refractivity contribution in [2.45, 2.75) is 32.4 Å². The summed E-state index contributed by atoms with van der Waals surface area (Å²) in [4.78, 5) is 16.0. The number of aryl methyl sites for hydroxylation is 1. The molecule has 0 aliphatic carbocycles. The van der Waals surface area contributed by atoms with Crippen LogP contribution in [0, 0.1) is 6.92 Å². The second-order valence-corrected chi connectivity index (χ2v) is 4.13. The molecule has 1 aromatic heterocycles. The zero-order valence-electron chi connectivity index (χ0n) is 9.49. The first-order valence-corrected chi connectivity index (χ1v) is 5.69. The number of amides is 1. The van der Waals surface area contributed by atoms with E-state index in [-0.39, 0.29) is 11.9 Å². The molecule has 1 atom stereocenters. The van der Waals surface area contributed by atoms with Crippen molar-refractivity contribution in [1.29, 1.82) is 0 Å². The molecule has 2 heterocycles. The van der Waals surface area contributed by atoms with E-state index in [4.69, 9.17) is 0 Å². The predicted molar refractivity (Wildman–Crippen MR) is 61.8 cm³/mol. The van der Waals surface area contributed by atoms with Crippen LogP contribution in [0.1, 0.15) is 24.1 Å². The Morgan fingerprint density at radius 3 is 3.25 bits per heavy atom. The van der Waals surface area contributed by atoms with Crippen molar-refractivity contribution in [3.8, 4) is 0 Å². The van der Waals surface area contributed by atoms with Gasteiger partial charge in [0, 0.05) is 6.20 Å². The standard InChI is InChI=1S/C12H17N3O/c1-9-4-2-6-14-11(9)8-15-12(16)10-5-3-7-13-10/h2,4,6,10,13H,3,5,7-8H2,1H3,(H,15,16)/t10-/m0/s1. The summed E-state index contributed by atoms with van der Waals surface area (Å²) < 4.78 is 0. The number of hydrogen-bond donors (Lipinski definition) is 2. The van der Waals surface area contributed by atoms with E-state index in [1.165, 1.54) is 0 Å². The Morgan fingerprint density at radius 1 is 1.69 bits per heavy atom. The molecule has 1 aliphatic rings. The fourth-order valence-corrected chi connectivity index (χ4v) is 1.91. The third-order valence-corrected chi connectivity index (χ3v) is 2.92. The van der Waals surface area contributed by atoms with Crippen LogP contribution in [0.4, 0.5) is 0 Å². The molecule has 0 unspecified atom stereocenters. The van der Waals surface area contributed by atoms with E-state index in [2.05, 4.69) is 15.6 Å². The van der Waals surface area contributed by atoms with Crippen LogP contribution in [-0.4, -0.2) is 23.5 Å². The fraction of sp³-hybridized carbons (Fsp3) is 0.500. The molecule has 16 heavy (non-hydrogen) atoms. The molecular formula is C12H17N3O. The lowest BCUT2D eigenvalue weighted by atomic mass is 10.2. The molecule has 0 bridgehead atoms. The number of carbonyl (C=O) groups is 1. The molecule has 86 valence electrons. The summed E-state index contributed by atoms with van der Waals surface area (Å²) in [6.07, 6.45) is 3.77. The normalized spacial score (nSPS) is 19.7. The second-order valence-electron chi connectivity index (χ2n) is 4.13. The van der Waals surface area contributed by atoms with Gasteiger partial charge in [-0.25, -0.2) is 0 Å². The minimum atomic E-state index is -0.0102. The predicted octanol–water partition coefficient (Wildman–Crippen LogP) is 0.758. The van der Waals surface area contributed by atoms with Crippen molar-refractivity contribution in [3.63, 3.8) is 0 Å². The lowest BCUT2D eigenvalue weighted by molar-refractivity contribution is -0.122. The maximum Gasteiger partial charge on any atom is 0.237 e. The van der Waals surface area contributed by atoms with Gasteiger partial charge in [0.15, 0.2) is 0 Å². The van der Waals surface area contributed by atoms with Gasteiger partial charge in [-0.15, -0.1) is 0 Å². The van der Waals surface area contributed by atoms with Crippen molar-refractivity contribution < 1.29 is 4.79 Å². The third kappa shape index (κ3) is 2.58. The minimum Gasteiger partial charge on any atom is -0.349 e. The number of hydrogen-bond acceptors (Lipinski definition) is 3. The molecule has 1 saturated heterocycles. The lowest BCUT2D eigenvalue weighted by Crippen LogP contribution is -2.40. The number of aromatic nitrogens is 1. The van der Waals surface area contributed by atoms with Gasteiger partial charge in [0.2, 0.25) is 5.91 Å². The van der Waals surface area contributed by atoms with Crippen LogP contribution in [0.15, 0.2) is 18.3 Å². The summed E-state index contributed by atoms with van der Waals surface area (Å²) in [6, 6.07) is 3.89. The van der Waals surface area contributed by atoms with Gasteiger partial charge in [0.05, 0.1) is 18.3 Å². The first-order chi connectivity index (χ1) is 7.77. The number of nitrogens with zero attached hydrogens (tertiary/aromatic N) is 1. The molecule has 0 aromatic carbocycles. The third-order valence-electron chi connectivity index (χ3n) is 2.92. The molecule has 2 N–H and O–H groups in total. The van der Waals surface area contributed by atoms with Crippen LogP contribution in [-0.2, 0) is 11.3 Å². The van der Waals surface area contributed by atoms with Crippen molar-refractivity contribution in [2.75, 3.05) is 6.54 Å². The van der Waals surface area contributed by atoms with Gasteiger partial charge in [-0.1, -0.05) is 6.07 Å². The van der Waals surface area contributed by atoms with E-state index in [1.54, 1.807) is 6.20 Å². The average molecular weight is 219 g/mol. The average Bonchev–Trinajstić information content (AvgIpc) is 2.81. The molecule has 0 spiro atoms. The van der Waals surface area contributed by atoms with Crippen molar-refractivity contribution >= 4 is 5.91 Å². The van der Waals surface area contributed by atoms with Gasteiger partial charge in [-0.3, -0.25) is 9.78 Å². The highest BCUT2D eigenvalue weighted by Gasteiger charge is 2.21. The molecule has 1 fully saturated rings. The van der Waals surface area contributed by atoms with Gasteiger partial charge in [-0.2, -0.15) is 0 Å². The highest BCUT2D eigenvalue weighted by Crippen LogP contribution is 2.06. The number of nitrogens with one attached hydrogen (secondary N) is 2. The minimum absolute atomic E-state index is 0.0102. The van der Waals surface area contributed by atoms with Crippen LogP contribution in [0.25, 0.3) is 0 Å². The van der Waals surface area contributed by atoms with E-state index in [9.17, 15) is 4.79 Å². The number of carbonyl (C=O) groups excluding carboxylic acids is 1. The summed E-state index contributed by atoms with van der Waals surface area (Å²) >= 11 is 0. The molecule has 1 amide bonds. The van der Waals surface area contributed by atoms with Crippen molar-refractivity contribution in [3.05, 3.63) is 29.6 Å². The molecule has 0 saturated carbocycles. The molecular weight excluding hydrogens is 202 g/mol. The van der Waals surface area contributed by atoms with Gasteiger partial charge in [0.25, 0.3) is 0 Å². The highest BCUT2D eigenvalue weighted by molar-refractivity contribution is 5.81. The van der Waals surface area contributed by atoms with Crippen LogP contribution >= 0.6 is 0 Å². The Bertz CT molecular complexity index is 372. The van der Waals surface area contributed by atoms with E-state index >= 15 is 0 Å². The van der Waals surface area contributed by atoms with Crippen molar-refractivity contribution in [1.82, 2.24) is 15.6 Å². The Morgan fingerprint density at radius 2 is 2.56 bits per heavy atom. The maximum atomic E-state index is 11.7. The maximum absolute atomic E-state index is 11.7. The summed E-state index contributed by atoms with van der Waals surface area (Å²) in [6.45, 7) is 3.46. The van der Waals surface area contributed by atoms with Gasteiger partial charge >= 0.3 is 0 Å². The van der Waals surface area contributed by atoms with E-state index in [0.29, 0.717) is 6.54 Å². The van der Waals surface area contributed by atoms with Gasteiger partial charge < -0.3 is 10.6 Å². The number of rotatable bonds is 3. The summed E-state index contributed by atoms with van der Waals surface area (Å²) in [5.74, 6) is 0.0857. The smallest absolute Gasteiger partial charge is 0.237 e. The largest absolute Gasteiger partial charge is 0.349 e. The SMILES string of the molecule is Cc1cccnc1CNC(=O)[C@@H]1CCCN1. The van der Waals surface area contributed by atoms with Crippen molar-refractivity contribution in [2.24, 2.45) is 0 Å². The quantitative estimate of drug-likeness (QED) is 0.789. The highest BCUT2D eigenvalue weighted by atomic mass is 16.2.